The van der Waals surface area contributed by atoms with E-state index in [9.17, 15) is 23.2 Å². The van der Waals surface area contributed by atoms with E-state index in [2.05, 4.69) is 45.8 Å². The molecule has 3 aromatic rings. The predicted molar refractivity (Wildman–Crippen MR) is 238 cm³/mol. The van der Waals surface area contributed by atoms with Gasteiger partial charge in [-0.15, -0.1) is 0 Å². The van der Waals surface area contributed by atoms with E-state index < -0.39 is 36.7 Å². The SMILES string of the molecule is C=C(CC)N1CCN2c3cc4c(cc3OC[C@@H]2C1)C(=O)N(C1CCC(=O)NC1=O)C4.C=Cc1c(NC)ccc2c1CC(C)N(CC(F)F)[C@@H]2c1c(F)cc(NC(CC)CC)cc1F. The second-order valence-electron chi connectivity index (χ2n) is 17.0. The smallest absolute Gasteiger partial charge is 0.255 e. The number of hydrogen-bond acceptors (Lipinski definition) is 9. The number of hydrogen-bond donors (Lipinski definition) is 3. The zero-order chi connectivity index (χ0) is 45.3. The lowest BCUT2D eigenvalue weighted by Crippen LogP contribution is -2.56. The van der Waals surface area contributed by atoms with E-state index in [4.69, 9.17) is 4.74 Å². The van der Waals surface area contributed by atoms with Crippen molar-refractivity contribution in [2.75, 3.05) is 55.4 Å². The van der Waals surface area contributed by atoms with Gasteiger partial charge in [0.15, 0.2) is 0 Å². The summed E-state index contributed by atoms with van der Waals surface area (Å²) in [4.78, 5) is 44.5. The quantitative estimate of drug-likeness (QED) is 0.123. The Balaban J connectivity index is 0.000000189. The second kappa shape index (κ2) is 19.0. The van der Waals surface area contributed by atoms with E-state index in [1.54, 1.807) is 30.2 Å². The number of amides is 3. The number of halogens is 4. The van der Waals surface area contributed by atoms with Gasteiger partial charge in [-0.25, -0.2) is 17.6 Å². The number of alkyl halides is 2. The highest BCUT2D eigenvalue weighted by Gasteiger charge is 2.42. The molecular weight excluding hydrogens is 815 g/mol. The maximum absolute atomic E-state index is 15.5. The van der Waals surface area contributed by atoms with Gasteiger partial charge in [0.2, 0.25) is 11.8 Å². The molecular formula is C48H59F4N7O4. The zero-order valence-corrected chi connectivity index (χ0v) is 36.8. The molecule has 15 heteroatoms. The van der Waals surface area contributed by atoms with Crippen LogP contribution in [0.5, 0.6) is 5.75 Å². The number of nitrogens with one attached hydrogen (secondary N) is 3. The Labute approximate surface area is 367 Å². The number of piperazine rings is 1. The van der Waals surface area contributed by atoms with Crippen molar-refractivity contribution in [1.29, 1.82) is 0 Å². The molecule has 2 fully saturated rings. The summed E-state index contributed by atoms with van der Waals surface area (Å²) in [6.07, 6.45) is 2.74. The molecule has 0 aromatic heterocycles. The maximum Gasteiger partial charge on any atom is 0.255 e. The molecule has 3 amide bonds. The van der Waals surface area contributed by atoms with Crippen molar-refractivity contribution in [3.63, 3.8) is 0 Å². The lowest BCUT2D eigenvalue weighted by molar-refractivity contribution is -0.136. The first-order valence-electron chi connectivity index (χ1n) is 22.1. The third-order valence-electron chi connectivity index (χ3n) is 13.3. The highest BCUT2D eigenvalue weighted by Crippen LogP contribution is 2.44. The van der Waals surface area contributed by atoms with Crippen molar-refractivity contribution in [2.24, 2.45) is 0 Å². The summed E-state index contributed by atoms with van der Waals surface area (Å²) in [6, 6.07) is 8.42. The van der Waals surface area contributed by atoms with Gasteiger partial charge < -0.3 is 30.1 Å². The molecule has 4 atom stereocenters. The lowest BCUT2D eigenvalue weighted by Gasteiger charge is -2.46. The Bertz CT molecular complexity index is 2240. The molecule has 5 aliphatic rings. The molecule has 0 spiro atoms. The number of rotatable bonds is 12. The molecule has 338 valence electrons. The van der Waals surface area contributed by atoms with Crippen LogP contribution in [-0.2, 0) is 22.6 Å². The Morgan fingerprint density at radius 1 is 1.03 bits per heavy atom. The van der Waals surface area contributed by atoms with E-state index >= 15 is 8.78 Å². The number of imide groups is 1. The Kier molecular flexibility index (Phi) is 13.7. The van der Waals surface area contributed by atoms with E-state index in [1.807, 2.05) is 32.9 Å². The molecule has 63 heavy (non-hydrogen) atoms. The summed E-state index contributed by atoms with van der Waals surface area (Å²) < 4.78 is 64.1. The van der Waals surface area contributed by atoms with Crippen LogP contribution in [0.3, 0.4) is 0 Å². The fourth-order valence-corrected chi connectivity index (χ4v) is 9.82. The first-order chi connectivity index (χ1) is 30.2. The molecule has 0 aliphatic carbocycles. The van der Waals surface area contributed by atoms with Gasteiger partial charge in [0, 0.05) is 85.5 Å². The zero-order valence-electron chi connectivity index (χ0n) is 36.8. The highest BCUT2D eigenvalue weighted by molar-refractivity contribution is 6.06. The number of benzene rings is 3. The lowest BCUT2D eigenvalue weighted by atomic mass is 9.81. The topological polar surface area (TPSA) is 109 Å². The second-order valence-corrected chi connectivity index (χ2v) is 17.0. The third-order valence-corrected chi connectivity index (χ3v) is 13.3. The van der Waals surface area contributed by atoms with Crippen LogP contribution in [0.25, 0.3) is 6.08 Å². The normalized spacial score (nSPS) is 21.8. The number of fused-ring (bicyclic) bond motifs is 5. The summed E-state index contributed by atoms with van der Waals surface area (Å²) in [5, 5.41) is 8.61. The number of allylic oxidation sites excluding steroid dienone is 1. The Hall–Kier alpha value is -5.57. The first-order valence-corrected chi connectivity index (χ1v) is 22.1. The average molecular weight is 874 g/mol. The minimum Gasteiger partial charge on any atom is -0.489 e. The van der Waals surface area contributed by atoms with Crippen molar-refractivity contribution >= 4 is 40.9 Å². The Morgan fingerprint density at radius 2 is 1.76 bits per heavy atom. The minimum atomic E-state index is -2.63. The first kappa shape index (κ1) is 45.5. The van der Waals surface area contributed by atoms with Gasteiger partial charge >= 0.3 is 0 Å². The van der Waals surface area contributed by atoms with Gasteiger partial charge in [-0.2, -0.15) is 0 Å². The summed E-state index contributed by atoms with van der Waals surface area (Å²) in [5.41, 5.74) is 6.99. The molecule has 8 rings (SSSR count). The summed E-state index contributed by atoms with van der Waals surface area (Å²) >= 11 is 0. The van der Waals surface area contributed by atoms with Crippen LogP contribution in [0.15, 0.2) is 55.3 Å². The van der Waals surface area contributed by atoms with Gasteiger partial charge in [0.1, 0.15) is 30.0 Å². The van der Waals surface area contributed by atoms with Gasteiger partial charge in [-0.3, -0.25) is 24.6 Å². The van der Waals surface area contributed by atoms with Crippen molar-refractivity contribution < 1.29 is 36.7 Å². The predicted octanol–water partition coefficient (Wildman–Crippen LogP) is 8.11. The molecule has 0 bridgehead atoms. The summed E-state index contributed by atoms with van der Waals surface area (Å²) in [5.74, 6) is -1.60. The molecule has 3 aromatic carbocycles. The van der Waals surface area contributed by atoms with Crippen LogP contribution >= 0.6 is 0 Å². The molecule has 2 saturated heterocycles. The molecule has 5 heterocycles. The monoisotopic (exact) mass is 873 g/mol. The maximum atomic E-state index is 15.5. The summed E-state index contributed by atoms with van der Waals surface area (Å²) in [6.45, 7) is 19.1. The highest BCUT2D eigenvalue weighted by atomic mass is 19.3. The summed E-state index contributed by atoms with van der Waals surface area (Å²) in [7, 11) is 1.78. The number of ether oxygens (including phenoxy) is 1. The van der Waals surface area contributed by atoms with Crippen LogP contribution in [0.1, 0.15) is 104 Å². The van der Waals surface area contributed by atoms with Crippen LogP contribution in [0.4, 0.5) is 34.6 Å². The molecule has 0 saturated carbocycles. The van der Waals surface area contributed by atoms with Crippen molar-refractivity contribution in [1.82, 2.24) is 20.0 Å². The van der Waals surface area contributed by atoms with Crippen molar-refractivity contribution in [2.45, 2.75) is 109 Å². The third kappa shape index (κ3) is 8.98. The minimum absolute atomic E-state index is 0.0931. The number of carbonyl (C=O) groups excluding carboxylic acids is 3. The number of carbonyl (C=O) groups is 3. The van der Waals surface area contributed by atoms with Crippen molar-refractivity contribution in [3.05, 3.63) is 100 Å². The van der Waals surface area contributed by atoms with E-state index in [0.717, 1.165) is 78.4 Å². The van der Waals surface area contributed by atoms with E-state index in [0.29, 0.717) is 42.8 Å². The van der Waals surface area contributed by atoms with Crippen molar-refractivity contribution in [3.8, 4) is 5.75 Å². The van der Waals surface area contributed by atoms with Gasteiger partial charge in [-0.1, -0.05) is 46.1 Å². The van der Waals surface area contributed by atoms with Crippen LogP contribution in [0, 0.1) is 11.6 Å². The van der Waals surface area contributed by atoms with Gasteiger partial charge in [0.25, 0.3) is 12.3 Å². The van der Waals surface area contributed by atoms with Crippen LogP contribution < -0.4 is 25.6 Å². The van der Waals surface area contributed by atoms with Gasteiger partial charge in [-0.05, 0) is 86.1 Å². The van der Waals surface area contributed by atoms with Gasteiger partial charge in [0.05, 0.1) is 24.3 Å². The Morgan fingerprint density at radius 3 is 2.40 bits per heavy atom. The fraction of sp³-hybridized carbons (Fsp3) is 0.479. The van der Waals surface area contributed by atoms with Crippen LogP contribution in [0.2, 0.25) is 0 Å². The molecule has 5 aliphatic heterocycles. The number of nitrogens with zero attached hydrogens (tertiary/aromatic N) is 4. The standard InChI is InChI=1S/C26H33F4N3.C22H26N4O4/c1-6-16(7-2)32-17-12-21(27)25(22(28)13-17)26-19-9-10-23(31-5)18(8-3)20(19)11-15(4)33(26)14-24(29)30;1-3-13(2)24-6-7-25-15(11-24)12-30-19-9-16-14(8-18(19)25)10-26(22(16)29)17-4-5-20(27)23-21(17)28/h8-10,12-13,15-16,24,26,31-32H,3,6-7,11,14H2,1-2,4-5H3;8-9,15,17H,2-7,10-12H2,1H3,(H,23,27,28)/t15?,26-;15-,17?/m00/s1. The van der Waals surface area contributed by atoms with E-state index in [-0.39, 0.29) is 47.8 Å². The average Bonchev–Trinajstić information content (AvgIpc) is 3.58. The largest absolute Gasteiger partial charge is 0.489 e. The van der Waals surface area contributed by atoms with Crippen LogP contribution in [-0.4, -0.2) is 103 Å². The number of piperidine rings is 1. The molecule has 11 nitrogen and oxygen atoms in total. The molecule has 2 unspecified atom stereocenters. The number of anilines is 3. The molecule has 0 radical (unpaired) electrons. The van der Waals surface area contributed by atoms with E-state index in [1.165, 1.54) is 17.0 Å². The fourth-order valence-electron chi connectivity index (χ4n) is 9.82. The molecule has 3 N–H and O–H groups in total.